The second-order valence-corrected chi connectivity index (χ2v) is 3.69. The van der Waals surface area contributed by atoms with Crippen LogP contribution in [0.1, 0.15) is 5.56 Å². The predicted molar refractivity (Wildman–Crippen MR) is 62.0 cm³/mol. The molecule has 2 rings (SSSR count). The van der Waals surface area contributed by atoms with Crippen molar-refractivity contribution >= 4 is 17.3 Å². The fourth-order valence-electron chi connectivity index (χ4n) is 1.37. The number of hydrogen-bond acceptors (Lipinski definition) is 3. The van der Waals surface area contributed by atoms with Gasteiger partial charge in [-0.1, -0.05) is 28.9 Å². The Hall–Kier alpha value is -1.81. The Morgan fingerprint density at radius 3 is 2.69 bits per heavy atom. The molecule has 5 heteroatoms. The summed E-state index contributed by atoms with van der Waals surface area (Å²) in [6, 6.07) is 8.94. The van der Waals surface area contributed by atoms with Gasteiger partial charge in [0.15, 0.2) is 0 Å². The van der Waals surface area contributed by atoms with E-state index in [0.29, 0.717) is 17.3 Å². The van der Waals surface area contributed by atoms with Gasteiger partial charge >= 0.3 is 0 Å². The summed E-state index contributed by atoms with van der Waals surface area (Å²) in [5, 5.41) is 16.9. The van der Waals surface area contributed by atoms with E-state index >= 15 is 0 Å². The van der Waals surface area contributed by atoms with E-state index in [1.165, 1.54) is 0 Å². The van der Waals surface area contributed by atoms with Gasteiger partial charge in [-0.15, -0.1) is 0 Å². The van der Waals surface area contributed by atoms with E-state index < -0.39 is 0 Å². The normalized spacial score (nSPS) is 11.7. The molecule has 0 amide bonds. The average molecular weight is 236 g/mol. The predicted octanol–water partition coefficient (Wildman–Crippen LogP) is 2.42. The Balaban J connectivity index is 2.20. The van der Waals surface area contributed by atoms with Gasteiger partial charge < -0.3 is 5.21 Å². The highest BCUT2D eigenvalue weighted by molar-refractivity contribution is 6.30. The highest BCUT2D eigenvalue weighted by atomic mass is 35.5. The zero-order valence-electron chi connectivity index (χ0n) is 8.42. The molecule has 0 unspecified atom stereocenters. The van der Waals surface area contributed by atoms with Crippen molar-refractivity contribution in [2.75, 3.05) is 0 Å². The van der Waals surface area contributed by atoms with E-state index in [2.05, 4.69) is 10.3 Å². The fraction of sp³-hybridized carbons (Fsp3) is 0.0909. The van der Waals surface area contributed by atoms with Crippen LogP contribution in [0.15, 0.2) is 47.9 Å². The SMILES string of the molecule is O/N=C(/Cn1cccn1)c1ccc(Cl)cc1. The van der Waals surface area contributed by atoms with Crippen LogP contribution in [0.5, 0.6) is 0 Å². The monoisotopic (exact) mass is 235 g/mol. The number of nitrogens with zero attached hydrogens (tertiary/aromatic N) is 3. The maximum absolute atomic E-state index is 8.96. The lowest BCUT2D eigenvalue weighted by Gasteiger charge is -2.04. The molecular formula is C11H10ClN3O. The third-order valence-corrected chi connectivity index (χ3v) is 2.42. The lowest BCUT2D eigenvalue weighted by molar-refractivity contribution is 0.317. The van der Waals surface area contributed by atoms with E-state index in [-0.39, 0.29) is 0 Å². The van der Waals surface area contributed by atoms with E-state index in [1.807, 2.05) is 6.07 Å². The Labute approximate surface area is 97.8 Å². The van der Waals surface area contributed by atoms with Gasteiger partial charge in [0.05, 0.1) is 6.54 Å². The van der Waals surface area contributed by atoms with Gasteiger partial charge in [-0.3, -0.25) is 4.68 Å². The lowest BCUT2D eigenvalue weighted by Crippen LogP contribution is -2.12. The fourth-order valence-corrected chi connectivity index (χ4v) is 1.50. The van der Waals surface area contributed by atoms with Crippen LogP contribution in [0.2, 0.25) is 5.02 Å². The van der Waals surface area contributed by atoms with E-state index in [9.17, 15) is 0 Å². The van der Waals surface area contributed by atoms with Crippen molar-refractivity contribution in [2.45, 2.75) is 6.54 Å². The molecule has 4 nitrogen and oxygen atoms in total. The molecule has 0 aliphatic rings. The minimum atomic E-state index is 0.422. The first-order chi connectivity index (χ1) is 7.79. The smallest absolute Gasteiger partial charge is 0.108 e. The molecule has 82 valence electrons. The van der Waals surface area contributed by atoms with Crippen LogP contribution >= 0.6 is 11.6 Å². The minimum absolute atomic E-state index is 0.422. The number of oxime groups is 1. The zero-order chi connectivity index (χ0) is 11.4. The van der Waals surface area contributed by atoms with Gasteiger partial charge in [0.1, 0.15) is 5.71 Å². The number of benzene rings is 1. The summed E-state index contributed by atoms with van der Waals surface area (Å²) in [4.78, 5) is 0. The first kappa shape index (κ1) is 10.7. The molecule has 1 aromatic carbocycles. The van der Waals surface area contributed by atoms with Crippen molar-refractivity contribution in [1.29, 1.82) is 0 Å². The first-order valence-electron chi connectivity index (χ1n) is 4.74. The largest absolute Gasteiger partial charge is 0.411 e. The molecule has 1 aromatic heterocycles. The van der Waals surface area contributed by atoms with Crippen molar-refractivity contribution < 1.29 is 5.21 Å². The maximum Gasteiger partial charge on any atom is 0.108 e. The average Bonchev–Trinajstić information content (AvgIpc) is 2.80. The Bertz CT molecular complexity index is 476. The van der Waals surface area contributed by atoms with Crippen molar-refractivity contribution in [2.24, 2.45) is 5.16 Å². The summed E-state index contributed by atoms with van der Waals surface area (Å²) >= 11 is 5.78. The Morgan fingerprint density at radius 2 is 2.12 bits per heavy atom. The molecule has 16 heavy (non-hydrogen) atoms. The van der Waals surface area contributed by atoms with Crippen LogP contribution in [0.3, 0.4) is 0 Å². The molecule has 0 atom stereocenters. The van der Waals surface area contributed by atoms with Crippen molar-refractivity contribution in [3.63, 3.8) is 0 Å². The summed E-state index contributed by atoms with van der Waals surface area (Å²) in [7, 11) is 0. The maximum atomic E-state index is 8.96. The summed E-state index contributed by atoms with van der Waals surface area (Å²) in [5.41, 5.74) is 1.36. The number of rotatable bonds is 3. The third kappa shape index (κ3) is 2.41. The van der Waals surface area contributed by atoms with Crippen LogP contribution < -0.4 is 0 Å². The molecule has 0 bridgehead atoms. The Kier molecular flexibility index (Phi) is 3.22. The highest BCUT2D eigenvalue weighted by Gasteiger charge is 2.05. The number of aromatic nitrogens is 2. The minimum Gasteiger partial charge on any atom is -0.411 e. The number of halogens is 1. The molecule has 0 radical (unpaired) electrons. The molecule has 0 spiro atoms. The molecule has 0 saturated carbocycles. The molecule has 1 N–H and O–H groups in total. The highest BCUT2D eigenvalue weighted by Crippen LogP contribution is 2.11. The lowest BCUT2D eigenvalue weighted by atomic mass is 10.1. The van der Waals surface area contributed by atoms with E-state index in [1.54, 1.807) is 41.3 Å². The molecule has 0 saturated heterocycles. The molecule has 1 heterocycles. The number of hydrogen-bond donors (Lipinski definition) is 1. The van der Waals surface area contributed by atoms with E-state index in [4.69, 9.17) is 16.8 Å². The third-order valence-electron chi connectivity index (χ3n) is 2.17. The second-order valence-electron chi connectivity index (χ2n) is 3.26. The van der Waals surface area contributed by atoms with Gasteiger partial charge in [-0.25, -0.2) is 0 Å². The van der Waals surface area contributed by atoms with Crippen LogP contribution in [-0.2, 0) is 6.54 Å². The molecule has 0 aliphatic carbocycles. The summed E-state index contributed by atoms with van der Waals surface area (Å²) < 4.78 is 1.68. The van der Waals surface area contributed by atoms with Gasteiger partial charge in [0.25, 0.3) is 0 Å². The van der Waals surface area contributed by atoms with Crippen LogP contribution in [0, 0.1) is 0 Å². The molecule has 0 aliphatic heterocycles. The van der Waals surface area contributed by atoms with Crippen molar-refractivity contribution in [1.82, 2.24) is 9.78 Å². The van der Waals surface area contributed by atoms with Gasteiger partial charge in [0, 0.05) is 23.0 Å². The van der Waals surface area contributed by atoms with Crippen LogP contribution in [0.25, 0.3) is 0 Å². The summed E-state index contributed by atoms with van der Waals surface area (Å²) in [6.45, 7) is 0.422. The first-order valence-corrected chi connectivity index (χ1v) is 5.11. The van der Waals surface area contributed by atoms with Gasteiger partial charge in [-0.05, 0) is 18.2 Å². The van der Waals surface area contributed by atoms with Gasteiger partial charge in [0.2, 0.25) is 0 Å². The van der Waals surface area contributed by atoms with Crippen LogP contribution in [0.4, 0.5) is 0 Å². The summed E-state index contributed by atoms with van der Waals surface area (Å²) in [6.07, 6.45) is 3.48. The topological polar surface area (TPSA) is 50.4 Å². The zero-order valence-corrected chi connectivity index (χ0v) is 9.17. The van der Waals surface area contributed by atoms with Gasteiger partial charge in [-0.2, -0.15) is 5.10 Å². The molecular weight excluding hydrogens is 226 g/mol. The Morgan fingerprint density at radius 1 is 1.38 bits per heavy atom. The quantitative estimate of drug-likeness (QED) is 0.505. The standard InChI is InChI=1S/C11H10ClN3O/c12-10-4-2-9(3-5-10)11(14-16)8-15-7-1-6-13-15/h1-7,16H,8H2/b14-11-. The molecule has 2 aromatic rings. The van der Waals surface area contributed by atoms with Crippen molar-refractivity contribution in [3.05, 3.63) is 53.3 Å². The molecule has 0 fully saturated rings. The van der Waals surface area contributed by atoms with Crippen LogP contribution in [-0.4, -0.2) is 20.7 Å². The van der Waals surface area contributed by atoms with Crippen molar-refractivity contribution in [3.8, 4) is 0 Å². The second kappa shape index (κ2) is 4.81. The summed E-state index contributed by atoms with van der Waals surface area (Å²) in [5.74, 6) is 0. The van der Waals surface area contributed by atoms with E-state index in [0.717, 1.165) is 5.56 Å².